The first-order valence-electron chi connectivity index (χ1n) is 9.75. The van der Waals surface area contributed by atoms with Crippen molar-refractivity contribution in [1.82, 2.24) is 0 Å². The van der Waals surface area contributed by atoms with Gasteiger partial charge in [-0.25, -0.2) is 0 Å². The molecule has 0 spiro atoms. The third kappa shape index (κ3) is 4.01. The second-order valence-corrected chi connectivity index (χ2v) is 7.33. The van der Waals surface area contributed by atoms with E-state index in [1.165, 1.54) is 19.2 Å². The average Bonchev–Trinajstić information content (AvgIpc) is 2.79. The zero-order valence-electron chi connectivity index (χ0n) is 16.9. The summed E-state index contributed by atoms with van der Waals surface area (Å²) in [5.74, 6) is 0.422. The third-order valence-electron chi connectivity index (χ3n) is 5.26. The van der Waals surface area contributed by atoms with Gasteiger partial charge in [-0.1, -0.05) is 0 Å². The van der Waals surface area contributed by atoms with Crippen LogP contribution < -0.4 is 14.9 Å². The first-order valence-corrected chi connectivity index (χ1v) is 9.75. The highest BCUT2D eigenvalue weighted by Crippen LogP contribution is 2.33. The first-order chi connectivity index (χ1) is 15.3. The molecule has 0 saturated carbocycles. The van der Waals surface area contributed by atoms with Crippen molar-refractivity contribution in [2.75, 3.05) is 13.7 Å². The number of methoxy groups -OCH3 is 1. The number of ether oxygens (including phenoxy) is 3. The molecular formula is C22H22O10. The van der Waals surface area contributed by atoms with Gasteiger partial charge in [0.05, 0.1) is 13.7 Å². The maximum absolute atomic E-state index is 12.6. The molecule has 170 valence electrons. The Hall–Kier alpha value is -3.15. The van der Waals surface area contributed by atoms with E-state index < -0.39 is 48.5 Å². The van der Waals surface area contributed by atoms with Gasteiger partial charge in [0.25, 0.3) is 0 Å². The second-order valence-electron chi connectivity index (χ2n) is 7.33. The van der Waals surface area contributed by atoms with Crippen LogP contribution in [0.4, 0.5) is 0 Å². The van der Waals surface area contributed by atoms with E-state index in [-0.39, 0.29) is 22.5 Å². The van der Waals surface area contributed by atoms with Gasteiger partial charge in [0.2, 0.25) is 6.29 Å². The molecular weight excluding hydrogens is 424 g/mol. The van der Waals surface area contributed by atoms with E-state index in [0.717, 1.165) is 6.07 Å². The Labute approximate surface area is 181 Å². The van der Waals surface area contributed by atoms with Crippen LogP contribution in [0.1, 0.15) is 0 Å². The highest BCUT2D eigenvalue weighted by atomic mass is 16.7. The molecule has 4 rings (SSSR count). The van der Waals surface area contributed by atoms with Crippen LogP contribution in [0.2, 0.25) is 0 Å². The Morgan fingerprint density at radius 2 is 1.69 bits per heavy atom. The Morgan fingerprint density at radius 3 is 2.34 bits per heavy atom. The van der Waals surface area contributed by atoms with Crippen molar-refractivity contribution in [3.05, 3.63) is 52.7 Å². The number of phenolic OH excluding ortho intramolecular Hbond substituents is 1. The molecule has 1 saturated heterocycles. The van der Waals surface area contributed by atoms with E-state index >= 15 is 0 Å². The lowest BCUT2D eigenvalue weighted by molar-refractivity contribution is -0.277. The van der Waals surface area contributed by atoms with Gasteiger partial charge in [0, 0.05) is 23.8 Å². The van der Waals surface area contributed by atoms with Crippen LogP contribution in [0, 0.1) is 0 Å². The van der Waals surface area contributed by atoms with Crippen molar-refractivity contribution in [2.45, 2.75) is 30.7 Å². The molecule has 0 radical (unpaired) electrons. The molecule has 5 atom stereocenters. The fraction of sp³-hybridized carbons (Fsp3) is 0.318. The van der Waals surface area contributed by atoms with Gasteiger partial charge in [-0.3, -0.25) is 4.79 Å². The van der Waals surface area contributed by atoms with Crippen molar-refractivity contribution in [3.63, 3.8) is 0 Å². The molecule has 1 aliphatic rings. The molecule has 1 aromatic heterocycles. The summed E-state index contributed by atoms with van der Waals surface area (Å²) in [6.45, 7) is -0.617. The molecule has 2 aromatic carbocycles. The molecule has 0 aliphatic carbocycles. The molecule has 32 heavy (non-hydrogen) atoms. The number of benzene rings is 2. The molecule has 10 heteroatoms. The minimum Gasteiger partial charge on any atom is -0.507 e. The molecule has 0 amide bonds. The molecule has 10 nitrogen and oxygen atoms in total. The van der Waals surface area contributed by atoms with Gasteiger partial charge in [0.15, 0.2) is 5.43 Å². The molecule has 3 aromatic rings. The van der Waals surface area contributed by atoms with Crippen molar-refractivity contribution in [2.24, 2.45) is 0 Å². The predicted molar refractivity (Wildman–Crippen MR) is 111 cm³/mol. The van der Waals surface area contributed by atoms with E-state index in [2.05, 4.69) is 0 Å². The van der Waals surface area contributed by atoms with Crippen LogP contribution >= 0.6 is 0 Å². The molecule has 1 fully saturated rings. The van der Waals surface area contributed by atoms with Gasteiger partial charge in [0.1, 0.15) is 58.4 Å². The number of fused-ring (bicyclic) bond motifs is 1. The summed E-state index contributed by atoms with van der Waals surface area (Å²) < 4.78 is 21.8. The Bertz CT molecular complexity index is 1150. The van der Waals surface area contributed by atoms with Crippen molar-refractivity contribution >= 4 is 11.0 Å². The number of phenols is 1. The van der Waals surface area contributed by atoms with Crippen LogP contribution in [0.3, 0.4) is 0 Å². The normalized spacial score (nSPS) is 25.6. The Morgan fingerprint density at radius 1 is 0.969 bits per heavy atom. The number of aliphatic hydroxyl groups is 4. The van der Waals surface area contributed by atoms with E-state index in [4.69, 9.17) is 18.6 Å². The quantitative estimate of drug-likeness (QED) is 0.370. The molecule has 2 heterocycles. The van der Waals surface area contributed by atoms with Crippen LogP contribution in [0.25, 0.3) is 22.3 Å². The SMILES string of the molecule is COc1ccc(-c2cc(=O)c3c(O)cc(O[C@H]4O[C@H](CO)[C@@H](O)[C@H](O)[C@H]4O)cc3o2)cc1. The van der Waals surface area contributed by atoms with Gasteiger partial charge in [-0.2, -0.15) is 0 Å². The standard InChI is InChI=1S/C22H22O10/c1-29-11-4-2-10(3-5-11)15-8-14(25)18-13(24)6-12(7-16(18)31-15)30-22-21(28)20(27)19(26)17(9-23)32-22/h2-8,17,19-24,26-28H,9H2,1H3/t17-,19-,20+,21-,22+/m1/s1. The Balaban J connectivity index is 1.69. The number of hydrogen-bond donors (Lipinski definition) is 5. The van der Waals surface area contributed by atoms with Gasteiger partial charge < -0.3 is 44.2 Å². The lowest BCUT2D eigenvalue weighted by Crippen LogP contribution is -2.60. The zero-order valence-corrected chi connectivity index (χ0v) is 16.9. The fourth-order valence-corrected chi connectivity index (χ4v) is 3.51. The van der Waals surface area contributed by atoms with E-state index in [0.29, 0.717) is 11.3 Å². The summed E-state index contributed by atoms with van der Waals surface area (Å²) in [7, 11) is 1.53. The second kappa shape index (κ2) is 8.77. The lowest BCUT2D eigenvalue weighted by Gasteiger charge is -2.39. The predicted octanol–water partition coefficient (Wildman–Crippen LogP) is 0.353. The van der Waals surface area contributed by atoms with Gasteiger partial charge in [-0.05, 0) is 24.3 Å². The van der Waals surface area contributed by atoms with Gasteiger partial charge in [-0.15, -0.1) is 0 Å². The zero-order chi connectivity index (χ0) is 23.0. The smallest absolute Gasteiger partial charge is 0.229 e. The fourth-order valence-electron chi connectivity index (χ4n) is 3.51. The van der Waals surface area contributed by atoms with Crippen molar-refractivity contribution in [3.8, 4) is 28.6 Å². The van der Waals surface area contributed by atoms with Crippen LogP contribution in [-0.4, -0.2) is 70.0 Å². The van der Waals surface area contributed by atoms with Crippen LogP contribution in [0.15, 0.2) is 51.7 Å². The molecule has 1 aliphatic heterocycles. The molecule has 0 unspecified atom stereocenters. The summed E-state index contributed by atoms with van der Waals surface area (Å²) in [5, 5.41) is 49.6. The number of rotatable bonds is 5. The largest absolute Gasteiger partial charge is 0.507 e. The highest BCUT2D eigenvalue weighted by Gasteiger charge is 2.44. The number of hydrogen-bond acceptors (Lipinski definition) is 10. The van der Waals surface area contributed by atoms with E-state index in [9.17, 15) is 30.3 Å². The summed E-state index contributed by atoms with van der Waals surface area (Å²) in [6.07, 6.45) is -7.42. The van der Waals surface area contributed by atoms with Crippen molar-refractivity contribution < 1.29 is 44.2 Å². The third-order valence-corrected chi connectivity index (χ3v) is 5.26. The minimum absolute atomic E-state index is 0.0166. The highest BCUT2D eigenvalue weighted by molar-refractivity contribution is 5.86. The number of aliphatic hydroxyl groups excluding tert-OH is 4. The lowest BCUT2D eigenvalue weighted by atomic mass is 9.99. The minimum atomic E-state index is -1.64. The van der Waals surface area contributed by atoms with Crippen LogP contribution in [0.5, 0.6) is 17.2 Å². The molecule has 5 N–H and O–H groups in total. The summed E-state index contributed by atoms with van der Waals surface area (Å²) in [4.78, 5) is 12.6. The Kier molecular flexibility index (Phi) is 6.04. The maximum atomic E-state index is 12.6. The van der Waals surface area contributed by atoms with E-state index in [1.54, 1.807) is 24.3 Å². The van der Waals surface area contributed by atoms with Crippen molar-refractivity contribution in [1.29, 1.82) is 0 Å². The monoisotopic (exact) mass is 446 g/mol. The summed E-state index contributed by atoms with van der Waals surface area (Å²) >= 11 is 0. The maximum Gasteiger partial charge on any atom is 0.229 e. The summed E-state index contributed by atoms with van der Waals surface area (Å²) in [5.41, 5.74) is 0.140. The van der Waals surface area contributed by atoms with Crippen LogP contribution in [-0.2, 0) is 4.74 Å². The average molecular weight is 446 g/mol. The topological polar surface area (TPSA) is 159 Å². The van der Waals surface area contributed by atoms with E-state index in [1.807, 2.05) is 0 Å². The van der Waals surface area contributed by atoms with Gasteiger partial charge >= 0.3 is 0 Å². The molecule has 0 bridgehead atoms. The number of aromatic hydroxyl groups is 1. The summed E-state index contributed by atoms with van der Waals surface area (Å²) in [6, 6.07) is 10.5. The first kappa shape index (κ1) is 22.1.